The van der Waals surface area contributed by atoms with Gasteiger partial charge in [-0.3, -0.25) is 14.7 Å². The molecule has 3 heterocycles. The fraction of sp³-hybridized carbons (Fsp3) is 0.429. The van der Waals surface area contributed by atoms with Crippen LogP contribution in [-0.2, 0) is 0 Å². The van der Waals surface area contributed by atoms with E-state index in [9.17, 15) is 9.59 Å². The Morgan fingerprint density at radius 1 is 1.41 bits per heavy atom. The maximum Gasteiger partial charge on any atom is 0.264 e. The van der Waals surface area contributed by atoms with Gasteiger partial charge in [0.25, 0.3) is 11.5 Å². The molecule has 0 spiro atoms. The van der Waals surface area contributed by atoms with E-state index in [1.165, 1.54) is 12.3 Å². The van der Waals surface area contributed by atoms with Gasteiger partial charge < -0.3 is 10.2 Å². The van der Waals surface area contributed by atoms with Crippen LogP contribution in [0.3, 0.4) is 0 Å². The molecule has 3 N–H and O–H groups in total. The Labute approximate surface area is 126 Å². The number of hydrogen-bond donors (Lipinski definition) is 3. The van der Waals surface area contributed by atoms with E-state index >= 15 is 0 Å². The number of carbonyl (C=O) groups excluding carboxylic acids is 1. The van der Waals surface area contributed by atoms with E-state index in [-0.39, 0.29) is 17.5 Å². The van der Waals surface area contributed by atoms with Crippen LogP contribution in [-0.4, -0.2) is 45.4 Å². The third kappa shape index (κ3) is 3.16. The van der Waals surface area contributed by atoms with E-state index in [4.69, 9.17) is 0 Å². The number of H-pyrrole nitrogens is 2. The zero-order chi connectivity index (χ0) is 15.4. The molecule has 1 aliphatic rings. The second-order valence-corrected chi connectivity index (χ2v) is 5.32. The summed E-state index contributed by atoms with van der Waals surface area (Å²) in [7, 11) is 0. The molecular formula is C14H18N6O2. The number of aromatic amines is 2. The first kappa shape index (κ1) is 14.3. The summed E-state index contributed by atoms with van der Waals surface area (Å²) < 4.78 is 0. The van der Waals surface area contributed by atoms with Gasteiger partial charge in [-0.2, -0.15) is 10.2 Å². The highest BCUT2D eigenvalue weighted by atomic mass is 16.1. The number of piperidine rings is 1. The highest BCUT2D eigenvalue weighted by molar-refractivity contribution is 5.93. The Balaban J connectivity index is 1.66. The number of nitrogens with one attached hydrogen (secondary N) is 3. The van der Waals surface area contributed by atoms with Gasteiger partial charge in [0.05, 0.1) is 11.8 Å². The smallest absolute Gasteiger partial charge is 0.264 e. The molecule has 0 saturated carbocycles. The van der Waals surface area contributed by atoms with Gasteiger partial charge in [0.15, 0.2) is 0 Å². The van der Waals surface area contributed by atoms with Crippen LogP contribution in [0.5, 0.6) is 0 Å². The zero-order valence-corrected chi connectivity index (χ0v) is 12.1. The Bertz CT molecular complexity index is 660. The molecular weight excluding hydrogens is 284 g/mol. The molecule has 1 amide bonds. The van der Waals surface area contributed by atoms with Gasteiger partial charge >= 0.3 is 0 Å². The van der Waals surface area contributed by atoms with E-state index in [0.29, 0.717) is 12.1 Å². The lowest BCUT2D eigenvalue weighted by molar-refractivity contribution is 0.0949. The molecule has 1 aliphatic heterocycles. The monoisotopic (exact) mass is 302 g/mol. The van der Waals surface area contributed by atoms with Gasteiger partial charge in [0.2, 0.25) is 0 Å². The van der Waals surface area contributed by atoms with Crippen molar-refractivity contribution < 1.29 is 4.79 Å². The zero-order valence-electron chi connectivity index (χ0n) is 12.1. The molecule has 1 unspecified atom stereocenters. The molecule has 1 saturated heterocycles. The minimum Gasteiger partial charge on any atom is -0.350 e. The summed E-state index contributed by atoms with van der Waals surface area (Å²) in [6, 6.07) is 3.36. The van der Waals surface area contributed by atoms with E-state index in [1.807, 2.05) is 0 Å². The van der Waals surface area contributed by atoms with Gasteiger partial charge in [-0.25, -0.2) is 5.10 Å². The summed E-state index contributed by atoms with van der Waals surface area (Å²) in [6.45, 7) is 1.40. The van der Waals surface area contributed by atoms with Gasteiger partial charge in [-0.15, -0.1) is 0 Å². The van der Waals surface area contributed by atoms with Gasteiger partial charge in [0, 0.05) is 31.4 Å². The lowest BCUT2D eigenvalue weighted by Gasteiger charge is -2.36. The van der Waals surface area contributed by atoms with Crippen molar-refractivity contribution >= 4 is 11.7 Å². The molecule has 3 rings (SSSR count). The Kier molecular flexibility index (Phi) is 4.17. The van der Waals surface area contributed by atoms with Crippen molar-refractivity contribution in [3.8, 4) is 0 Å². The van der Waals surface area contributed by atoms with Crippen LogP contribution in [0, 0.1) is 0 Å². The second-order valence-electron chi connectivity index (χ2n) is 5.32. The molecule has 0 bridgehead atoms. The first-order chi connectivity index (χ1) is 10.7. The van der Waals surface area contributed by atoms with Crippen LogP contribution in [0.15, 0.2) is 29.3 Å². The molecule has 1 atom stereocenters. The minimum atomic E-state index is -0.217. The molecule has 8 heteroatoms. The van der Waals surface area contributed by atoms with Crippen LogP contribution in [0.4, 0.5) is 5.82 Å². The lowest BCUT2D eigenvalue weighted by atomic mass is 10.0. The predicted molar refractivity (Wildman–Crippen MR) is 80.8 cm³/mol. The average Bonchev–Trinajstić information content (AvgIpc) is 3.08. The van der Waals surface area contributed by atoms with Crippen molar-refractivity contribution in [2.45, 2.75) is 25.3 Å². The number of nitrogens with zero attached hydrogens (tertiary/aromatic N) is 3. The molecule has 1 fully saturated rings. The topological polar surface area (TPSA) is 107 Å². The van der Waals surface area contributed by atoms with Crippen molar-refractivity contribution in [2.24, 2.45) is 0 Å². The highest BCUT2D eigenvalue weighted by Gasteiger charge is 2.24. The first-order valence-electron chi connectivity index (χ1n) is 7.33. The molecule has 0 aromatic carbocycles. The van der Waals surface area contributed by atoms with Gasteiger partial charge in [0.1, 0.15) is 5.82 Å². The Morgan fingerprint density at radius 3 is 3.05 bits per heavy atom. The maximum atomic E-state index is 12.0. The van der Waals surface area contributed by atoms with Gasteiger partial charge in [-0.05, 0) is 25.3 Å². The van der Waals surface area contributed by atoms with Crippen LogP contribution < -0.4 is 15.8 Å². The van der Waals surface area contributed by atoms with Crippen LogP contribution in [0.25, 0.3) is 0 Å². The second kappa shape index (κ2) is 6.42. The lowest BCUT2D eigenvalue weighted by Crippen LogP contribution is -2.47. The number of anilines is 1. The molecule has 2 aromatic heterocycles. The van der Waals surface area contributed by atoms with Crippen molar-refractivity contribution in [3.63, 3.8) is 0 Å². The summed E-state index contributed by atoms with van der Waals surface area (Å²) in [6.07, 6.45) is 6.24. The SMILES string of the molecule is O=C(NCC1CCCCN1c1ccc(=O)[nH]n1)c1cn[nH]c1. The number of carbonyl (C=O) groups is 1. The van der Waals surface area contributed by atoms with Crippen LogP contribution >= 0.6 is 0 Å². The molecule has 0 radical (unpaired) electrons. The van der Waals surface area contributed by atoms with Crippen molar-refractivity contribution in [1.82, 2.24) is 25.7 Å². The van der Waals surface area contributed by atoms with E-state index < -0.39 is 0 Å². The van der Waals surface area contributed by atoms with E-state index in [0.717, 1.165) is 31.6 Å². The van der Waals surface area contributed by atoms with E-state index in [2.05, 4.69) is 30.6 Å². The van der Waals surface area contributed by atoms with Crippen LogP contribution in [0.2, 0.25) is 0 Å². The first-order valence-corrected chi connectivity index (χ1v) is 7.33. The number of amides is 1. The van der Waals surface area contributed by atoms with Gasteiger partial charge in [-0.1, -0.05) is 0 Å². The summed E-state index contributed by atoms with van der Waals surface area (Å²) >= 11 is 0. The number of rotatable bonds is 4. The summed E-state index contributed by atoms with van der Waals surface area (Å²) in [4.78, 5) is 25.2. The predicted octanol–water partition coefficient (Wildman–Crippen LogP) is 0.282. The van der Waals surface area contributed by atoms with E-state index in [1.54, 1.807) is 12.3 Å². The maximum absolute atomic E-state index is 12.0. The van der Waals surface area contributed by atoms with Crippen LogP contribution in [0.1, 0.15) is 29.6 Å². The molecule has 2 aromatic rings. The fourth-order valence-electron chi connectivity index (χ4n) is 2.70. The molecule has 8 nitrogen and oxygen atoms in total. The summed E-state index contributed by atoms with van der Waals surface area (Å²) in [5.74, 6) is 0.593. The largest absolute Gasteiger partial charge is 0.350 e. The summed E-state index contributed by atoms with van der Waals surface area (Å²) in [5.41, 5.74) is 0.301. The Hall–Kier alpha value is -2.64. The highest BCUT2D eigenvalue weighted by Crippen LogP contribution is 2.21. The summed E-state index contributed by atoms with van der Waals surface area (Å²) in [5, 5.41) is 15.9. The standard InChI is InChI=1S/C14H18N6O2/c21-13-5-4-12(18-19-13)20-6-2-1-3-11(20)9-15-14(22)10-7-16-17-8-10/h4-5,7-8,11H,1-3,6,9H2,(H,15,22)(H,16,17)(H,19,21). The third-order valence-corrected chi connectivity index (χ3v) is 3.84. The molecule has 116 valence electrons. The van der Waals surface area contributed by atoms with Crippen molar-refractivity contribution in [3.05, 3.63) is 40.4 Å². The average molecular weight is 302 g/mol. The third-order valence-electron chi connectivity index (χ3n) is 3.84. The number of aromatic nitrogens is 4. The number of hydrogen-bond acceptors (Lipinski definition) is 5. The molecule has 22 heavy (non-hydrogen) atoms. The van der Waals surface area contributed by atoms with Crippen molar-refractivity contribution in [1.29, 1.82) is 0 Å². The minimum absolute atomic E-state index is 0.145. The quantitative estimate of drug-likeness (QED) is 0.752. The fourth-order valence-corrected chi connectivity index (χ4v) is 2.70. The normalized spacial score (nSPS) is 18.2. The Morgan fingerprint density at radius 2 is 2.32 bits per heavy atom. The molecule has 0 aliphatic carbocycles. The van der Waals surface area contributed by atoms with Crippen molar-refractivity contribution in [2.75, 3.05) is 18.0 Å².